The summed E-state index contributed by atoms with van der Waals surface area (Å²) in [4.78, 5) is 13.6. The molecule has 0 unspecified atom stereocenters. The Hall–Kier alpha value is -0.800. The molecule has 0 atom stereocenters. The van der Waals surface area contributed by atoms with Crippen LogP contribution in [-0.2, 0) is 4.79 Å². The standard InChI is InChI=1S/C6H3Cl2N2O/c7-4-1-2-9-6(5(4)8)10-3-11/h1-2H,(H,9,10,11). The minimum absolute atomic E-state index is 0.217. The Balaban J connectivity index is 3.05. The second-order valence-electron chi connectivity index (χ2n) is 1.68. The van der Waals surface area contributed by atoms with E-state index in [1.54, 1.807) is 0 Å². The number of halogens is 2. The van der Waals surface area contributed by atoms with E-state index >= 15 is 0 Å². The Bertz CT molecular complexity index is 277. The number of amides is 1. The summed E-state index contributed by atoms with van der Waals surface area (Å²) >= 11 is 11.2. The summed E-state index contributed by atoms with van der Waals surface area (Å²) in [7, 11) is 0. The molecule has 1 N–H and O–H groups in total. The number of nitrogens with one attached hydrogen (secondary N) is 1. The summed E-state index contributed by atoms with van der Waals surface area (Å²) < 4.78 is 0. The molecule has 1 aromatic rings. The van der Waals surface area contributed by atoms with Crippen molar-refractivity contribution in [2.45, 2.75) is 0 Å². The third-order valence-electron chi connectivity index (χ3n) is 1.01. The summed E-state index contributed by atoms with van der Waals surface area (Å²) in [5.74, 6) is 0.217. The maximum atomic E-state index is 9.86. The van der Waals surface area contributed by atoms with Crippen molar-refractivity contribution in [1.82, 2.24) is 4.98 Å². The molecule has 0 saturated carbocycles. The Morgan fingerprint density at radius 1 is 1.55 bits per heavy atom. The van der Waals surface area contributed by atoms with Crippen LogP contribution in [0.1, 0.15) is 0 Å². The van der Waals surface area contributed by atoms with Gasteiger partial charge in [-0.1, -0.05) is 23.2 Å². The number of aromatic nitrogens is 1. The highest BCUT2D eigenvalue weighted by molar-refractivity contribution is 6.43. The molecule has 0 aliphatic heterocycles. The molecular formula is C6H3Cl2N2O. The molecule has 0 aromatic carbocycles. The van der Waals surface area contributed by atoms with E-state index in [9.17, 15) is 4.79 Å². The lowest BCUT2D eigenvalue weighted by Gasteiger charge is -1.99. The van der Waals surface area contributed by atoms with Gasteiger partial charge in [-0.2, -0.15) is 0 Å². The lowest BCUT2D eigenvalue weighted by atomic mass is 10.4. The minimum Gasteiger partial charge on any atom is -0.301 e. The van der Waals surface area contributed by atoms with Crippen molar-refractivity contribution >= 4 is 35.4 Å². The van der Waals surface area contributed by atoms with E-state index in [0.717, 1.165) is 0 Å². The van der Waals surface area contributed by atoms with Gasteiger partial charge in [0.15, 0.2) is 5.82 Å². The second kappa shape index (κ2) is 3.55. The van der Waals surface area contributed by atoms with Gasteiger partial charge in [0.2, 0.25) is 0 Å². The maximum absolute atomic E-state index is 9.86. The van der Waals surface area contributed by atoms with Crippen LogP contribution >= 0.6 is 23.2 Å². The summed E-state index contributed by atoms with van der Waals surface area (Å²) in [5, 5.41) is 2.75. The van der Waals surface area contributed by atoms with Crippen molar-refractivity contribution < 1.29 is 4.79 Å². The number of carbonyl (C=O) groups excluding carboxylic acids is 1. The number of nitrogens with zero attached hydrogens (tertiary/aromatic N) is 1. The molecule has 1 heterocycles. The van der Waals surface area contributed by atoms with Crippen LogP contribution in [0.4, 0.5) is 5.82 Å². The van der Waals surface area contributed by atoms with E-state index < -0.39 is 0 Å². The van der Waals surface area contributed by atoms with Gasteiger partial charge < -0.3 is 5.32 Å². The van der Waals surface area contributed by atoms with Gasteiger partial charge in [0, 0.05) is 6.20 Å². The predicted molar refractivity (Wildman–Crippen MR) is 43.6 cm³/mol. The van der Waals surface area contributed by atoms with Crippen LogP contribution in [0.25, 0.3) is 0 Å². The van der Waals surface area contributed by atoms with Crippen molar-refractivity contribution in [3.8, 4) is 0 Å². The number of hydrogen-bond acceptors (Lipinski definition) is 2. The lowest BCUT2D eigenvalue weighted by molar-refractivity contribution is 0.561. The number of pyridine rings is 1. The Morgan fingerprint density at radius 3 is 2.91 bits per heavy atom. The van der Waals surface area contributed by atoms with Crippen LogP contribution < -0.4 is 5.32 Å². The molecule has 0 saturated heterocycles. The Labute approximate surface area is 73.3 Å². The first-order chi connectivity index (χ1) is 5.25. The van der Waals surface area contributed by atoms with Crippen LogP contribution in [0.2, 0.25) is 10.0 Å². The van der Waals surface area contributed by atoms with Gasteiger partial charge in [0.25, 0.3) is 0 Å². The van der Waals surface area contributed by atoms with Crippen LogP contribution in [0.3, 0.4) is 0 Å². The van der Waals surface area contributed by atoms with Crippen LogP contribution in [-0.4, -0.2) is 11.4 Å². The lowest BCUT2D eigenvalue weighted by Crippen LogP contribution is -1.96. The molecule has 3 nitrogen and oxygen atoms in total. The highest BCUT2D eigenvalue weighted by Crippen LogP contribution is 2.26. The van der Waals surface area contributed by atoms with Crippen molar-refractivity contribution in [3.63, 3.8) is 0 Å². The molecule has 0 aliphatic rings. The maximum Gasteiger partial charge on any atom is 0.315 e. The van der Waals surface area contributed by atoms with E-state index in [2.05, 4.69) is 10.3 Å². The monoisotopic (exact) mass is 189 g/mol. The fourth-order valence-corrected chi connectivity index (χ4v) is 0.861. The third kappa shape index (κ3) is 1.82. The van der Waals surface area contributed by atoms with Gasteiger partial charge in [0.05, 0.1) is 5.02 Å². The highest BCUT2D eigenvalue weighted by atomic mass is 35.5. The van der Waals surface area contributed by atoms with Crippen molar-refractivity contribution in [1.29, 1.82) is 0 Å². The average Bonchev–Trinajstić information content (AvgIpc) is 1.99. The minimum atomic E-state index is 0.217. The van der Waals surface area contributed by atoms with Gasteiger partial charge in [-0.05, 0) is 6.07 Å². The first-order valence-electron chi connectivity index (χ1n) is 2.69. The van der Waals surface area contributed by atoms with Crippen molar-refractivity contribution in [2.24, 2.45) is 0 Å². The molecule has 1 rings (SSSR count). The van der Waals surface area contributed by atoms with Gasteiger partial charge in [-0.25, -0.2) is 4.98 Å². The van der Waals surface area contributed by atoms with Gasteiger partial charge >= 0.3 is 6.41 Å². The zero-order chi connectivity index (χ0) is 8.27. The van der Waals surface area contributed by atoms with Crippen molar-refractivity contribution in [3.05, 3.63) is 22.3 Å². The zero-order valence-corrected chi connectivity index (χ0v) is 6.78. The first-order valence-corrected chi connectivity index (χ1v) is 3.44. The molecule has 0 spiro atoms. The largest absolute Gasteiger partial charge is 0.315 e. The fourth-order valence-electron chi connectivity index (χ4n) is 0.556. The normalized spacial score (nSPS) is 9.27. The summed E-state index contributed by atoms with van der Waals surface area (Å²) in [6.45, 7) is 0. The Kier molecular flexibility index (Phi) is 2.68. The van der Waals surface area contributed by atoms with E-state index in [1.165, 1.54) is 18.7 Å². The fraction of sp³-hybridized carbons (Fsp3) is 0. The highest BCUT2D eigenvalue weighted by Gasteiger charge is 2.03. The quantitative estimate of drug-likeness (QED) is 0.723. The molecule has 57 valence electrons. The van der Waals surface area contributed by atoms with Crippen molar-refractivity contribution in [2.75, 3.05) is 5.32 Å². The van der Waals surface area contributed by atoms with E-state index in [0.29, 0.717) is 5.02 Å². The first kappa shape index (κ1) is 8.30. The second-order valence-corrected chi connectivity index (χ2v) is 2.47. The van der Waals surface area contributed by atoms with E-state index in [-0.39, 0.29) is 10.8 Å². The summed E-state index contributed by atoms with van der Waals surface area (Å²) in [6.07, 6.45) is 2.88. The van der Waals surface area contributed by atoms with Crippen LogP contribution in [0.5, 0.6) is 0 Å². The van der Waals surface area contributed by atoms with Gasteiger partial charge in [-0.15, -0.1) is 0 Å². The average molecular weight is 190 g/mol. The molecule has 1 amide bonds. The van der Waals surface area contributed by atoms with Crippen LogP contribution in [0.15, 0.2) is 12.3 Å². The van der Waals surface area contributed by atoms with Gasteiger partial charge in [0.1, 0.15) is 5.02 Å². The van der Waals surface area contributed by atoms with E-state index in [1.807, 2.05) is 0 Å². The number of anilines is 1. The molecule has 0 fully saturated rings. The predicted octanol–water partition coefficient (Wildman–Crippen LogP) is 1.87. The smallest absolute Gasteiger partial charge is 0.301 e. The summed E-state index contributed by atoms with van der Waals surface area (Å²) in [6, 6.07) is 1.53. The molecular weight excluding hydrogens is 187 g/mol. The molecule has 5 heteroatoms. The molecule has 11 heavy (non-hydrogen) atoms. The molecule has 1 radical (unpaired) electrons. The van der Waals surface area contributed by atoms with Gasteiger partial charge in [-0.3, -0.25) is 4.79 Å². The molecule has 0 bridgehead atoms. The third-order valence-corrected chi connectivity index (χ3v) is 1.81. The SMILES string of the molecule is O=[C]Nc1nccc(Cl)c1Cl. The molecule has 0 aliphatic carbocycles. The topological polar surface area (TPSA) is 42.0 Å². The van der Waals surface area contributed by atoms with Crippen LogP contribution in [0, 0.1) is 0 Å². The zero-order valence-electron chi connectivity index (χ0n) is 5.27. The Morgan fingerprint density at radius 2 is 2.27 bits per heavy atom. The number of hydrogen-bond donors (Lipinski definition) is 1. The van der Waals surface area contributed by atoms with E-state index in [4.69, 9.17) is 23.2 Å². The number of rotatable bonds is 2. The molecule has 1 aromatic heterocycles. The summed E-state index contributed by atoms with van der Waals surface area (Å²) in [5.41, 5.74) is 0.